The van der Waals surface area contributed by atoms with Crippen molar-refractivity contribution in [3.05, 3.63) is 124 Å². The van der Waals surface area contributed by atoms with Crippen LogP contribution in [-0.2, 0) is 6.42 Å². The Labute approximate surface area is 207 Å². The van der Waals surface area contributed by atoms with Crippen molar-refractivity contribution in [2.24, 2.45) is 5.16 Å². The van der Waals surface area contributed by atoms with E-state index in [4.69, 9.17) is 21.9 Å². The van der Waals surface area contributed by atoms with Crippen LogP contribution in [0, 0.1) is 5.82 Å². The van der Waals surface area contributed by atoms with Gasteiger partial charge < -0.3 is 10.3 Å². The van der Waals surface area contributed by atoms with E-state index in [1.807, 2.05) is 48.5 Å². The summed E-state index contributed by atoms with van der Waals surface area (Å²) >= 11 is 6.09. The Hall–Kier alpha value is -4.03. The molecule has 2 N–H and O–H groups in total. The lowest BCUT2D eigenvalue weighted by Gasteiger charge is -2.21. The number of carboxylic acids is 1. The van der Waals surface area contributed by atoms with Crippen molar-refractivity contribution in [2.75, 3.05) is 0 Å². The van der Waals surface area contributed by atoms with Crippen LogP contribution in [0.4, 0.5) is 4.39 Å². The maximum atomic E-state index is 14.8. The van der Waals surface area contributed by atoms with Crippen molar-refractivity contribution >= 4 is 23.8 Å². The molecule has 0 aliphatic rings. The van der Waals surface area contributed by atoms with Gasteiger partial charge in [0.1, 0.15) is 11.0 Å². The fourth-order valence-electron chi connectivity index (χ4n) is 4.16. The van der Waals surface area contributed by atoms with Gasteiger partial charge in [-0.2, -0.15) is 0 Å². The third kappa shape index (κ3) is 5.73. The molecular formula is C28H22ClFN2O3. The molecule has 3 aromatic carbocycles. The average molecular weight is 489 g/mol. The maximum absolute atomic E-state index is 14.8. The number of aromatic nitrogens is 1. The second kappa shape index (κ2) is 10.9. The number of halogens is 2. The van der Waals surface area contributed by atoms with E-state index in [0.717, 1.165) is 28.5 Å². The van der Waals surface area contributed by atoms with E-state index in [-0.39, 0.29) is 16.6 Å². The Morgan fingerprint density at radius 1 is 1.00 bits per heavy atom. The number of rotatable bonds is 8. The summed E-state index contributed by atoms with van der Waals surface area (Å²) in [6.07, 6.45) is 3.71. The smallest absolute Gasteiger partial charge is 0.335 e. The summed E-state index contributed by atoms with van der Waals surface area (Å²) in [7, 11) is 0. The van der Waals surface area contributed by atoms with E-state index in [0.29, 0.717) is 24.0 Å². The normalized spacial score (nSPS) is 12.1. The number of carboxylic acid groups (broad SMARTS) is 1. The number of pyridine rings is 1. The molecule has 176 valence electrons. The number of benzene rings is 3. The highest BCUT2D eigenvalue weighted by Gasteiger charge is 2.21. The fraction of sp³-hybridized carbons (Fsp3) is 0.107. The highest BCUT2D eigenvalue weighted by Crippen LogP contribution is 2.34. The van der Waals surface area contributed by atoms with Gasteiger partial charge in [0.15, 0.2) is 0 Å². The number of nitrogens with zero attached hydrogens (tertiary/aromatic N) is 2. The predicted octanol–water partition coefficient (Wildman–Crippen LogP) is 6.81. The van der Waals surface area contributed by atoms with Gasteiger partial charge in [0.05, 0.1) is 18.0 Å². The lowest BCUT2D eigenvalue weighted by molar-refractivity contribution is 0.0697. The molecule has 35 heavy (non-hydrogen) atoms. The van der Waals surface area contributed by atoms with Crippen LogP contribution in [0.2, 0.25) is 5.15 Å². The second-order valence-corrected chi connectivity index (χ2v) is 8.46. The minimum Gasteiger partial charge on any atom is -0.478 e. The average Bonchev–Trinajstić information content (AvgIpc) is 2.87. The van der Waals surface area contributed by atoms with Crippen LogP contribution < -0.4 is 0 Å². The molecule has 0 bridgehead atoms. The summed E-state index contributed by atoms with van der Waals surface area (Å²) in [6, 6.07) is 23.6. The van der Waals surface area contributed by atoms with Crippen molar-refractivity contribution in [1.29, 1.82) is 0 Å². The summed E-state index contributed by atoms with van der Waals surface area (Å²) in [5.74, 6) is -1.75. The largest absolute Gasteiger partial charge is 0.478 e. The molecule has 1 atom stereocenters. The SMILES string of the molecule is O=C(O)c1ccc(-c2ccc(CC[C@@H](c3cc(Cl)ncc3F)c3ccccc3/C=N\O)cc2)cc1. The lowest BCUT2D eigenvalue weighted by atomic mass is 9.84. The van der Waals surface area contributed by atoms with Crippen LogP contribution >= 0.6 is 11.6 Å². The van der Waals surface area contributed by atoms with Gasteiger partial charge in [-0.3, -0.25) is 0 Å². The van der Waals surface area contributed by atoms with Gasteiger partial charge in [-0.25, -0.2) is 14.2 Å². The molecule has 0 fully saturated rings. The van der Waals surface area contributed by atoms with Gasteiger partial charge >= 0.3 is 5.97 Å². The van der Waals surface area contributed by atoms with Crippen molar-refractivity contribution < 1.29 is 19.5 Å². The maximum Gasteiger partial charge on any atom is 0.335 e. The molecule has 0 saturated heterocycles. The van der Waals surface area contributed by atoms with Crippen LogP contribution in [0.15, 0.2) is 90.2 Å². The molecule has 7 heteroatoms. The monoisotopic (exact) mass is 488 g/mol. The highest BCUT2D eigenvalue weighted by atomic mass is 35.5. The Morgan fingerprint density at radius 3 is 2.31 bits per heavy atom. The minimum atomic E-state index is -0.958. The van der Waals surface area contributed by atoms with E-state index >= 15 is 0 Å². The molecule has 0 saturated carbocycles. The zero-order valence-electron chi connectivity index (χ0n) is 18.6. The van der Waals surface area contributed by atoms with Crippen LogP contribution in [-0.4, -0.2) is 27.5 Å². The summed E-state index contributed by atoms with van der Waals surface area (Å²) in [5, 5.41) is 21.5. The third-order valence-electron chi connectivity index (χ3n) is 5.94. The van der Waals surface area contributed by atoms with Gasteiger partial charge in [-0.15, -0.1) is 0 Å². The second-order valence-electron chi connectivity index (χ2n) is 8.07. The zero-order chi connectivity index (χ0) is 24.8. The van der Waals surface area contributed by atoms with Crippen LogP contribution in [0.25, 0.3) is 11.1 Å². The molecular weight excluding hydrogens is 467 g/mol. The first-order chi connectivity index (χ1) is 17.0. The van der Waals surface area contributed by atoms with Gasteiger partial charge in [-0.1, -0.05) is 77.4 Å². The van der Waals surface area contributed by atoms with Gasteiger partial charge in [-0.05, 0) is 64.4 Å². The van der Waals surface area contributed by atoms with Crippen molar-refractivity contribution in [2.45, 2.75) is 18.8 Å². The Bertz CT molecular complexity index is 1360. The molecule has 0 aliphatic heterocycles. The van der Waals surface area contributed by atoms with Crippen molar-refractivity contribution in [3.8, 4) is 11.1 Å². The van der Waals surface area contributed by atoms with Gasteiger partial charge in [0.2, 0.25) is 0 Å². The summed E-state index contributed by atoms with van der Waals surface area (Å²) in [4.78, 5) is 14.9. The van der Waals surface area contributed by atoms with Crippen LogP contribution in [0.5, 0.6) is 0 Å². The number of oxime groups is 1. The standard InChI is InChI=1S/C28H22ClFN2O3/c29-27-15-25(26(30)17-31-27)24(23-4-2-1-3-22(23)16-32-35)14-7-18-5-8-19(9-6-18)20-10-12-21(13-11-20)28(33)34/h1-6,8-13,15-17,24,35H,7,14H2,(H,33,34)/b32-16-/t24-/m1/s1. The fourth-order valence-corrected chi connectivity index (χ4v) is 4.33. The molecule has 5 nitrogen and oxygen atoms in total. The molecule has 4 aromatic rings. The van der Waals surface area contributed by atoms with E-state index < -0.39 is 11.8 Å². The molecule has 0 spiro atoms. The van der Waals surface area contributed by atoms with Crippen molar-refractivity contribution in [1.82, 2.24) is 4.98 Å². The quantitative estimate of drug-likeness (QED) is 0.123. The summed E-state index contributed by atoms with van der Waals surface area (Å²) in [6.45, 7) is 0. The lowest BCUT2D eigenvalue weighted by Crippen LogP contribution is -2.09. The minimum absolute atomic E-state index is 0.206. The van der Waals surface area contributed by atoms with Gasteiger partial charge in [0, 0.05) is 5.92 Å². The molecule has 1 aromatic heterocycles. The topological polar surface area (TPSA) is 82.8 Å². The van der Waals surface area contributed by atoms with Crippen molar-refractivity contribution in [3.63, 3.8) is 0 Å². The molecule has 0 amide bonds. The molecule has 0 radical (unpaired) electrons. The number of aromatic carboxylic acids is 1. The van der Waals surface area contributed by atoms with Gasteiger partial charge in [0.25, 0.3) is 0 Å². The third-order valence-corrected chi connectivity index (χ3v) is 6.14. The molecule has 1 heterocycles. The number of aryl methyl sites for hydroxylation is 1. The molecule has 4 rings (SSSR count). The first-order valence-corrected chi connectivity index (χ1v) is 11.3. The zero-order valence-corrected chi connectivity index (χ0v) is 19.4. The predicted molar refractivity (Wildman–Crippen MR) is 134 cm³/mol. The van der Waals surface area contributed by atoms with E-state index in [1.165, 1.54) is 12.3 Å². The Morgan fingerprint density at radius 2 is 1.66 bits per heavy atom. The van der Waals surface area contributed by atoms with Crippen LogP contribution in [0.3, 0.4) is 0 Å². The van der Waals surface area contributed by atoms with E-state index in [9.17, 15) is 9.18 Å². The Balaban J connectivity index is 1.60. The summed E-state index contributed by atoms with van der Waals surface area (Å²) < 4.78 is 14.8. The molecule has 0 unspecified atom stereocenters. The van der Waals surface area contributed by atoms with E-state index in [2.05, 4.69) is 10.1 Å². The number of carbonyl (C=O) groups is 1. The highest BCUT2D eigenvalue weighted by molar-refractivity contribution is 6.29. The summed E-state index contributed by atoms with van der Waals surface area (Å²) in [5.41, 5.74) is 5.14. The molecule has 0 aliphatic carbocycles. The number of hydrogen-bond acceptors (Lipinski definition) is 4. The first-order valence-electron chi connectivity index (χ1n) is 11.0. The first kappa shape index (κ1) is 24.1. The van der Waals surface area contributed by atoms with E-state index in [1.54, 1.807) is 24.3 Å². The number of hydrogen-bond donors (Lipinski definition) is 2. The van der Waals surface area contributed by atoms with Crippen LogP contribution in [0.1, 0.15) is 45.0 Å². The Kier molecular flexibility index (Phi) is 7.53.